The number of aromatic carboxylic acids is 2. The topological polar surface area (TPSA) is 138 Å². The van der Waals surface area contributed by atoms with E-state index in [0.717, 1.165) is 6.20 Å². The van der Waals surface area contributed by atoms with E-state index in [1.165, 1.54) is 0 Å². The average Bonchev–Trinajstić information content (AvgIpc) is 2.61. The number of carbonyl (C=O) groups is 2. The van der Waals surface area contributed by atoms with E-state index in [1.54, 1.807) is 0 Å². The van der Waals surface area contributed by atoms with Crippen LogP contribution in [0, 0.1) is 0 Å². The first-order valence-electron chi connectivity index (χ1n) is 3.95. The van der Waals surface area contributed by atoms with E-state index in [2.05, 4.69) is 15.3 Å². The normalized spacial score (nSPS) is 10.5. The highest BCUT2D eigenvalue weighted by Gasteiger charge is 2.19. The Morgan fingerprint density at radius 3 is 2.50 bits per heavy atom. The number of aromatic nitrogens is 4. The molecule has 0 atom stereocenters. The molecular weight excluding hydrogens is 220 g/mol. The van der Waals surface area contributed by atoms with Crippen molar-refractivity contribution in [1.82, 2.24) is 19.8 Å². The highest BCUT2D eigenvalue weighted by molar-refractivity contribution is 5.94. The van der Waals surface area contributed by atoms with Gasteiger partial charge in [-0.2, -0.15) is 4.52 Å². The van der Waals surface area contributed by atoms with Crippen LogP contribution in [-0.4, -0.2) is 42.0 Å². The van der Waals surface area contributed by atoms with Crippen molar-refractivity contribution in [2.45, 2.75) is 0 Å². The molecule has 0 aromatic carbocycles. The molecule has 0 spiro atoms. The fourth-order valence-electron chi connectivity index (χ4n) is 1.17. The lowest BCUT2D eigenvalue weighted by Gasteiger charge is -1.94. The molecule has 0 aliphatic carbocycles. The quantitative estimate of drug-likeness (QED) is 0.583. The molecular formula is C7H4N4O5. The SMILES string of the molecule is O=C(O)c1nnc2c(C(=O)O)c[nH]n2c1=O. The van der Waals surface area contributed by atoms with Crippen molar-refractivity contribution >= 4 is 17.6 Å². The van der Waals surface area contributed by atoms with Gasteiger partial charge in [0, 0.05) is 6.20 Å². The Labute approximate surface area is 85.9 Å². The molecule has 2 heterocycles. The van der Waals surface area contributed by atoms with Gasteiger partial charge in [0.2, 0.25) is 5.69 Å². The number of carboxylic acid groups (broad SMARTS) is 2. The molecule has 0 amide bonds. The van der Waals surface area contributed by atoms with Gasteiger partial charge in [-0.15, -0.1) is 10.2 Å². The van der Waals surface area contributed by atoms with E-state index < -0.39 is 23.2 Å². The Morgan fingerprint density at radius 2 is 1.94 bits per heavy atom. The number of H-pyrrole nitrogens is 1. The second kappa shape index (κ2) is 3.15. The van der Waals surface area contributed by atoms with Crippen molar-refractivity contribution in [3.05, 3.63) is 27.8 Å². The van der Waals surface area contributed by atoms with Gasteiger partial charge in [0.1, 0.15) is 5.56 Å². The maximum Gasteiger partial charge on any atom is 0.362 e. The van der Waals surface area contributed by atoms with Gasteiger partial charge in [-0.25, -0.2) is 9.59 Å². The Morgan fingerprint density at radius 1 is 1.25 bits per heavy atom. The summed E-state index contributed by atoms with van der Waals surface area (Å²) in [5.41, 5.74) is -2.25. The number of hydrogen-bond acceptors (Lipinski definition) is 5. The van der Waals surface area contributed by atoms with E-state index in [4.69, 9.17) is 10.2 Å². The van der Waals surface area contributed by atoms with E-state index >= 15 is 0 Å². The first-order chi connectivity index (χ1) is 7.52. The number of carboxylic acids is 2. The molecule has 3 N–H and O–H groups in total. The van der Waals surface area contributed by atoms with E-state index in [1.807, 2.05) is 0 Å². The second-order valence-electron chi connectivity index (χ2n) is 2.81. The number of nitrogens with zero attached hydrogens (tertiary/aromatic N) is 3. The summed E-state index contributed by atoms with van der Waals surface area (Å²) in [6, 6.07) is 0. The fraction of sp³-hybridized carbons (Fsp3) is 0. The van der Waals surface area contributed by atoms with Crippen molar-refractivity contribution in [3.63, 3.8) is 0 Å². The standard InChI is InChI=1S/C7H4N4O5/c12-5-3(7(15)16)9-10-4-2(6(13)14)1-8-11(4)5/h1,8H,(H,13,14)(H,15,16). The Balaban J connectivity index is 2.84. The number of hydrogen-bond donors (Lipinski definition) is 3. The van der Waals surface area contributed by atoms with Crippen molar-refractivity contribution in [2.75, 3.05) is 0 Å². The minimum Gasteiger partial charge on any atom is -0.477 e. The molecule has 82 valence electrons. The highest BCUT2D eigenvalue weighted by Crippen LogP contribution is 2.04. The third kappa shape index (κ3) is 1.22. The van der Waals surface area contributed by atoms with Gasteiger partial charge >= 0.3 is 17.5 Å². The van der Waals surface area contributed by atoms with Gasteiger partial charge in [-0.05, 0) is 0 Å². The number of nitrogens with one attached hydrogen (secondary N) is 1. The summed E-state index contributed by atoms with van der Waals surface area (Å²) in [6.45, 7) is 0. The summed E-state index contributed by atoms with van der Waals surface area (Å²) >= 11 is 0. The van der Waals surface area contributed by atoms with Gasteiger partial charge in [-0.1, -0.05) is 0 Å². The molecule has 0 saturated heterocycles. The Kier molecular flexibility index (Phi) is 1.94. The maximum absolute atomic E-state index is 11.5. The van der Waals surface area contributed by atoms with Crippen LogP contribution in [0.5, 0.6) is 0 Å². The lowest BCUT2D eigenvalue weighted by Crippen LogP contribution is -2.25. The van der Waals surface area contributed by atoms with Crippen LogP contribution >= 0.6 is 0 Å². The molecule has 0 saturated carbocycles. The zero-order valence-corrected chi connectivity index (χ0v) is 7.54. The summed E-state index contributed by atoms with van der Waals surface area (Å²) in [4.78, 5) is 32.7. The van der Waals surface area contributed by atoms with Crippen molar-refractivity contribution in [2.24, 2.45) is 0 Å². The first-order valence-corrected chi connectivity index (χ1v) is 3.95. The molecule has 0 aliphatic heterocycles. The Hall–Kier alpha value is -2.71. The molecule has 2 rings (SSSR count). The van der Waals surface area contributed by atoms with Crippen LogP contribution in [0.4, 0.5) is 0 Å². The third-order valence-corrected chi connectivity index (χ3v) is 1.87. The Bertz CT molecular complexity index is 654. The van der Waals surface area contributed by atoms with Crippen LogP contribution in [0.1, 0.15) is 20.8 Å². The smallest absolute Gasteiger partial charge is 0.362 e. The van der Waals surface area contributed by atoms with Crippen LogP contribution in [-0.2, 0) is 0 Å². The largest absolute Gasteiger partial charge is 0.477 e. The minimum absolute atomic E-state index is 0.234. The van der Waals surface area contributed by atoms with E-state index in [-0.39, 0.29) is 11.2 Å². The molecule has 0 unspecified atom stereocenters. The summed E-state index contributed by atoms with van der Waals surface area (Å²) < 4.78 is 0.708. The molecule has 16 heavy (non-hydrogen) atoms. The lowest BCUT2D eigenvalue weighted by molar-refractivity contribution is 0.0682. The van der Waals surface area contributed by atoms with Gasteiger partial charge in [0.05, 0.1) is 0 Å². The summed E-state index contributed by atoms with van der Waals surface area (Å²) in [7, 11) is 0. The predicted molar refractivity (Wildman–Crippen MR) is 47.5 cm³/mol. The highest BCUT2D eigenvalue weighted by atomic mass is 16.4. The van der Waals surface area contributed by atoms with Crippen LogP contribution in [0.3, 0.4) is 0 Å². The summed E-state index contributed by atoms with van der Waals surface area (Å²) in [6.07, 6.45) is 1.03. The molecule has 9 nitrogen and oxygen atoms in total. The molecule has 0 radical (unpaired) electrons. The second-order valence-corrected chi connectivity index (χ2v) is 2.81. The van der Waals surface area contributed by atoms with Crippen LogP contribution in [0.2, 0.25) is 0 Å². The molecule has 0 fully saturated rings. The number of fused-ring (bicyclic) bond motifs is 1. The first kappa shape index (κ1) is 9.83. The van der Waals surface area contributed by atoms with Gasteiger partial charge in [0.15, 0.2) is 5.65 Å². The van der Waals surface area contributed by atoms with Gasteiger partial charge in [0.25, 0.3) is 0 Å². The monoisotopic (exact) mass is 224 g/mol. The van der Waals surface area contributed by atoms with Crippen molar-refractivity contribution in [3.8, 4) is 0 Å². The number of rotatable bonds is 2. The molecule has 2 aromatic heterocycles. The van der Waals surface area contributed by atoms with Gasteiger partial charge in [-0.3, -0.25) is 9.89 Å². The summed E-state index contributed by atoms with van der Waals surface area (Å²) in [5, 5.41) is 26.1. The third-order valence-electron chi connectivity index (χ3n) is 1.87. The molecule has 0 aliphatic rings. The fourth-order valence-corrected chi connectivity index (χ4v) is 1.17. The molecule has 9 heteroatoms. The average molecular weight is 224 g/mol. The van der Waals surface area contributed by atoms with E-state index in [9.17, 15) is 14.4 Å². The molecule has 2 aromatic rings. The van der Waals surface area contributed by atoms with Crippen LogP contribution in [0.15, 0.2) is 11.0 Å². The van der Waals surface area contributed by atoms with Gasteiger partial charge < -0.3 is 10.2 Å². The predicted octanol–water partition coefficient (Wildman–Crippen LogP) is -1.19. The van der Waals surface area contributed by atoms with Crippen LogP contribution < -0.4 is 5.56 Å². The lowest BCUT2D eigenvalue weighted by atomic mass is 10.3. The number of aromatic amines is 1. The zero-order valence-electron chi connectivity index (χ0n) is 7.54. The van der Waals surface area contributed by atoms with E-state index in [0.29, 0.717) is 4.52 Å². The van der Waals surface area contributed by atoms with Crippen molar-refractivity contribution < 1.29 is 19.8 Å². The maximum atomic E-state index is 11.5. The minimum atomic E-state index is -1.53. The van der Waals surface area contributed by atoms with Crippen LogP contribution in [0.25, 0.3) is 5.65 Å². The summed E-state index contributed by atoms with van der Waals surface area (Å²) in [5.74, 6) is -2.83. The van der Waals surface area contributed by atoms with Crippen molar-refractivity contribution in [1.29, 1.82) is 0 Å². The molecule has 0 bridgehead atoms. The zero-order chi connectivity index (χ0) is 11.9.